The van der Waals surface area contributed by atoms with Crippen LogP contribution in [0, 0.1) is 0 Å². The molecule has 102 valence electrons. The standard InChI is InChI=1S/C16H22N2O/c1-2-8-18(15-10-17-11-15)16(19)14-7-6-12-4-3-5-13(12)9-14/h6-7,9,15,17H,2-5,8,10-11H2,1H3. The summed E-state index contributed by atoms with van der Waals surface area (Å²) in [6.07, 6.45) is 4.57. The van der Waals surface area contributed by atoms with Crippen LogP contribution < -0.4 is 5.32 Å². The van der Waals surface area contributed by atoms with Crippen molar-refractivity contribution in [2.24, 2.45) is 0 Å². The minimum atomic E-state index is 0.211. The Kier molecular flexibility index (Phi) is 3.56. The number of carbonyl (C=O) groups is 1. The Labute approximate surface area is 115 Å². The fourth-order valence-electron chi connectivity index (χ4n) is 3.06. The number of rotatable bonds is 4. The van der Waals surface area contributed by atoms with E-state index >= 15 is 0 Å². The second-order valence-electron chi connectivity index (χ2n) is 5.65. The summed E-state index contributed by atoms with van der Waals surface area (Å²) in [7, 11) is 0. The summed E-state index contributed by atoms with van der Waals surface area (Å²) < 4.78 is 0. The van der Waals surface area contributed by atoms with E-state index in [1.807, 2.05) is 11.0 Å². The number of benzene rings is 1. The first-order valence-electron chi connectivity index (χ1n) is 7.43. The average molecular weight is 258 g/mol. The summed E-state index contributed by atoms with van der Waals surface area (Å²) in [5, 5.41) is 3.25. The number of nitrogens with one attached hydrogen (secondary N) is 1. The first-order valence-corrected chi connectivity index (χ1v) is 7.43. The van der Waals surface area contributed by atoms with Crippen LogP contribution in [0.25, 0.3) is 0 Å². The lowest BCUT2D eigenvalue weighted by Crippen LogP contribution is -2.59. The minimum Gasteiger partial charge on any atom is -0.333 e. The molecule has 1 fully saturated rings. The molecule has 1 aromatic carbocycles. The van der Waals surface area contributed by atoms with Crippen molar-refractivity contribution in [1.82, 2.24) is 10.2 Å². The van der Waals surface area contributed by atoms with Crippen molar-refractivity contribution in [2.45, 2.75) is 38.6 Å². The van der Waals surface area contributed by atoms with E-state index in [1.54, 1.807) is 0 Å². The summed E-state index contributed by atoms with van der Waals surface area (Å²) >= 11 is 0. The third-order valence-electron chi connectivity index (χ3n) is 4.27. The molecule has 0 aromatic heterocycles. The monoisotopic (exact) mass is 258 g/mol. The highest BCUT2D eigenvalue weighted by molar-refractivity contribution is 5.95. The van der Waals surface area contributed by atoms with Gasteiger partial charge in [0.25, 0.3) is 5.91 Å². The van der Waals surface area contributed by atoms with Gasteiger partial charge in [0.2, 0.25) is 0 Å². The van der Waals surface area contributed by atoms with Crippen LogP contribution in [0.5, 0.6) is 0 Å². The lowest BCUT2D eigenvalue weighted by Gasteiger charge is -2.38. The zero-order valence-electron chi connectivity index (χ0n) is 11.6. The van der Waals surface area contributed by atoms with Gasteiger partial charge in [0, 0.05) is 25.2 Å². The summed E-state index contributed by atoms with van der Waals surface area (Å²) in [6, 6.07) is 6.68. The quantitative estimate of drug-likeness (QED) is 0.896. The predicted octanol–water partition coefficient (Wildman–Crippen LogP) is 2.00. The largest absolute Gasteiger partial charge is 0.333 e. The van der Waals surface area contributed by atoms with Gasteiger partial charge < -0.3 is 10.2 Å². The Morgan fingerprint density at radius 1 is 1.32 bits per heavy atom. The van der Waals surface area contributed by atoms with Crippen molar-refractivity contribution >= 4 is 5.91 Å². The molecule has 3 heteroatoms. The van der Waals surface area contributed by atoms with Crippen LogP contribution in [0.2, 0.25) is 0 Å². The Morgan fingerprint density at radius 3 is 2.79 bits per heavy atom. The van der Waals surface area contributed by atoms with E-state index in [4.69, 9.17) is 0 Å². The van der Waals surface area contributed by atoms with E-state index in [0.717, 1.165) is 38.0 Å². The molecule has 19 heavy (non-hydrogen) atoms. The van der Waals surface area contributed by atoms with Gasteiger partial charge in [0.15, 0.2) is 0 Å². The number of carbonyl (C=O) groups excluding carboxylic acids is 1. The molecule has 3 rings (SSSR count). The topological polar surface area (TPSA) is 32.3 Å². The molecular weight excluding hydrogens is 236 g/mol. The molecule has 0 atom stereocenters. The highest BCUT2D eigenvalue weighted by Gasteiger charge is 2.28. The molecule has 0 radical (unpaired) electrons. The zero-order valence-corrected chi connectivity index (χ0v) is 11.6. The molecule has 0 saturated carbocycles. The molecule has 0 bridgehead atoms. The Balaban J connectivity index is 1.81. The SMILES string of the molecule is CCCN(C(=O)c1ccc2c(c1)CCC2)C1CNC1. The first-order chi connectivity index (χ1) is 9.29. The number of amides is 1. The van der Waals surface area contributed by atoms with Crippen molar-refractivity contribution in [2.75, 3.05) is 19.6 Å². The summed E-state index contributed by atoms with van der Waals surface area (Å²) in [5.74, 6) is 0.211. The Morgan fingerprint density at radius 2 is 2.11 bits per heavy atom. The molecule has 0 spiro atoms. The first kappa shape index (κ1) is 12.7. The van der Waals surface area contributed by atoms with Crippen LogP contribution in [0.3, 0.4) is 0 Å². The van der Waals surface area contributed by atoms with Crippen LogP contribution in [0.15, 0.2) is 18.2 Å². The fourth-order valence-corrected chi connectivity index (χ4v) is 3.06. The predicted molar refractivity (Wildman–Crippen MR) is 76.5 cm³/mol. The van der Waals surface area contributed by atoms with Gasteiger partial charge in [-0.25, -0.2) is 0 Å². The lowest BCUT2D eigenvalue weighted by molar-refractivity contribution is 0.0615. The Hall–Kier alpha value is -1.35. The normalized spacial score (nSPS) is 17.9. The maximum absolute atomic E-state index is 12.7. The summed E-state index contributed by atoms with van der Waals surface area (Å²) in [6.45, 7) is 4.88. The molecule has 1 heterocycles. The van der Waals surface area contributed by atoms with Gasteiger partial charge in [0.05, 0.1) is 6.04 Å². The second kappa shape index (κ2) is 5.33. The van der Waals surface area contributed by atoms with Crippen LogP contribution in [-0.2, 0) is 12.8 Å². The van der Waals surface area contributed by atoms with Gasteiger partial charge in [-0.1, -0.05) is 13.0 Å². The molecule has 1 aliphatic carbocycles. The van der Waals surface area contributed by atoms with E-state index in [0.29, 0.717) is 6.04 Å². The van der Waals surface area contributed by atoms with Gasteiger partial charge >= 0.3 is 0 Å². The van der Waals surface area contributed by atoms with E-state index in [2.05, 4.69) is 24.4 Å². The van der Waals surface area contributed by atoms with Crippen LogP contribution in [0.1, 0.15) is 41.3 Å². The Bertz CT molecular complexity index is 480. The van der Waals surface area contributed by atoms with Gasteiger partial charge in [0.1, 0.15) is 0 Å². The van der Waals surface area contributed by atoms with Crippen LogP contribution in [0.4, 0.5) is 0 Å². The van der Waals surface area contributed by atoms with E-state index in [1.165, 1.54) is 24.0 Å². The van der Waals surface area contributed by atoms with Crippen molar-refractivity contribution < 1.29 is 4.79 Å². The highest BCUT2D eigenvalue weighted by atomic mass is 16.2. The third kappa shape index (κ3) is 2.39. The molecule has 1 N–H and O–H groups in total. The smallest absolute Gasteiger partial charge is 0.254 e. The van der Waals surface area contributed by atoms with Gasteiger partial charge in [-0.15, -0.1) is 0 Å². The van der Waals surface area contributed by atoms with E-state index in [-0.39, 0.29) is 5.91 Å². The van der Waals surface area contributed by atoms with Crippen molar-refractivity contribution in [1.29, 1.82) is 0 Å². The molecule has 1 amide bonds. The molecule has 1 aromatic rings. The van der Waals surface area contributed by atoms with Gasteiger partial charge in [-0.2, -0.15) is 0 Å². The molecular formula is C16H22N2O. The van der Waals surface area contributed by atoms with E-state index < -0.39 is 0 Å². The maximum atomic E-state index is 12.7. The van der Waals surface area contributed by atoms with Crippen LogP contribution >= 0.6 is 0 Å². The number of fused-ring (bicyclic) bond motifs is 1. The fraction of sp³-hybridized carbons (Fsp3) is 0.562. The molecule has 3 nitrogen and oxygen atoms in total. The van der Waals surface area contributed by atoms with Crippen molar-refractivity contribution in [3.8, 4) is 0 Å². The summed E-state index contributed by atoms with van der Waals surface area (Å²) in [5.41, 5.74) is 3.69. The second-order valence-corrected chi connectivity index (χ2v) is 5.65. The number of hydrogen-bond acceptors (Lipinski definition) is 2. The molecule has 1 saturated heterocycles. The maximum Gasteiger partial charge on any atom is 0.254 e. The number of nitrogens with zero attached hydrogens (tertiary/aromatic N) is 1. The molecule has 1 aliphatic heterocycles. The molecule has 2 aliphatic rings. The van der Waals surface area contributed by atoms with E-state index in [9.17, 15) is 4.79 Å². The average Bonchev–Trinajstić information content (AvgIpc) is 2.82. The number of hydrogen-bond donors (Lipinski definition) is 1. The highest BCUT2D eigenvalue weighted by Crippen LogP contribution is 2.24. The third-order valence-corrected chi connectivity index (χ3v) is 4.27. The summed E-state index contributed by atoms with van der Waals surface area (Å²) in [4.78, 5) is 14.7. The molecule has 0 unspecified atom stereocenters. The van der Waals surface area contributed by atoms with Crippen molar-refractivity contribution in [3.63, 3.8) is 0 Å². The van der Waals surface area contributed by atoms with Crippen molar-refractivity contribution in [3.05, 3.63) is 34.9 Å². The lowest BCUT2D eigenvalue weighted by atomic mass is 10.0. The number of aryl methyl sites for hydroxylation is 2. The van der Waals surface area contributed by atoms with Gasteiger partial charge in [-0.3, -0.25) is 4.79 Å². The van der Waals surface area contributed by atoms with Crippen LogP contribution in [-0.4, -0.2) is 36.5 Å². The minimum absolute atomic E-state index is 0.211. The zero-order chi connectivity index (χ0) is 13.2. The van der Waals surface area contributed by atoms with Gasteiger partial charge in [-0.05, 0) is 48.9 Å².